The molecule has 2 heteroatoms. The molecule has 0 aliphatic carbocycles. The van der Waals surface area contributed by atoms with Gasteiger partial charge < -0.3 is 10.2 Å². The molecule has 0 aromatic rings. The van der Waals surface area contributed by atoms with Crippen LogP contribution in [-0.4, -0.2) is 22.4 Å². The first kappa shape index (κ1) is 15.0. The van der Waals surface area contributed by atoms with Crippen molar-refractivity contribution in [3.05, 3.63) is 0 Å². The lowest BCUT2D eigenvalue weighted by Gasteiger charge is -1.98. The molecule has 16 heavy (non-hydrogen) atoms. The van der Waals surface area contributed by atoms with Gasteiger partial charge in [-0.1, -0.05) is 11.8 Å². The minimum absolute atomic E-state index is 0.228. The van der Waals surface area contributed by atoms with Crippen LogP contribution >= 0.6 is 0 Å². The fraction of sp³-hybridized carbons (Fsp3) is 0.714. The Labute approximate surface area is 99.1 Å². The topological polar surface area (TPSA) is 40.5 Å². The van der Waals surface area contributed by atoms with Gasteiger partial charge in [-0.25, -0.2) is 0 Å². The standard InChI is InChI=1S/C14H22O2/c1-13(15)11-9-7-5-3-4-6-8-10-12-14(2)16/h13-16H,7-12H2,1-2H3. The van der Waals surface area contributed by atoms with Crippen LogP contribution in [0.2, 0.25) is 0 Å². The highest BCUT2D eigenvalue weighted by Crippen LogP contribution is 1.99. The Morgan fingerprint density at radius 1 is 0.812 bits per heavy atom. The van der Waals surface area contributed by atoms with Crippen LogP contribution in [0.25, 0.3) is 0 Å². The first-order chi connectivity index (χ1) is 7.63. The molecule has 0 radical (unpaired) electrons. The average Bonchev–Trinajstić information content (AvgIpc) is 2.20. The Balaban J connectivity index is 3.41. The number of unbranched alkanes of at least 4 members (excludes halogenated alkanes) is 2. The van der Waals surface area contributed by atoms with Crippen LogP contribution in [-0.2, 0) is 0 Å². The Morgan fingerprint density at radius 3 is 1.50 bits per heavy atom. The maximum Gasteiger partial charge on any atom is 0.0512 e. The van der Waals surface area contributed by atoms with Crippen molar-refractivity contribution in [2.45, 2.75) is 64.6 Å². The Morgan fingerprint density at radius 2 is 1.19 bits per heavy atom. The smallest absolute Gasteiger partial charge is 0.0512 e. The Kier molecular flexibility index (Phi) is 9.92. The van der Waals surface area contributed by atoms with Crippen molar-refractivity contribution in [3.8, 4) is 23.7 Å². The van der Waals surface area contributed by atoms with Crippen molar-refractivity contribution >= 4 is 0 Å². The van der Waals surface area contributed by atoms with Crippen LogP contribution in [0.3, 0.4) is 0 Å². The second kappa shape index (κ2) is 10.6. The van der Waals surface area contributed by atoms with Gasteiger partial charge in [0.05, 0.1) is 12.2 Å². The molecule has 2 atom stereocenters. The number of aliphatic hydroxyl groups is 2. The first-order valence-electron chi connectivity index (χ1n) is 5.94. The summed E-state index contributed by atoms with van der Waals surface area (Å²) in [4.78, 5) is 0. The van der Waals surface area contributed by atoms with Crippen molar-refractivity contribution in [3.63, 3.8) is 0 Å². The Hall–Kier alpha value is -0.960. The number of aliphatic hydroxyl groups excluding tert-OH is 2. The number of hydrogen-bond acceptors (Lipinski definition) is 2. The van der Waals surface area contributed by atoms with E-state index in [4.69, 9.17) is 10.2 Å². The van der Waals surface area contributed by atoms with Crippen molar-refractivity contribution in [2.24, 2.45) is 0 Å². The molecule has 0 amide bonds. The van der Waals surface area contributed by atoms with Crippen molar-refractivity contribution < 1.29 is 10.2 Å². The largest absolute Gasteiger partial charge is 0.393 e. The van der Waals surface area contributed by atoms with Gasteiger partial charge >= 0.3 is 0 Å². The Bertz CT molecular complexity index is 241. The lowest BCUT2D eigenvalue weighted by Crippen LogP contribution is -1.97. The predicted octanol–water partition coefficient (Wildman–Crippen LogP) is 2.10. The molecular weight excluding hydrogens is 200 g/mol. The van der Waals surface area contributed by atoms with Gasteiger partial charge in [0.25, 0.3) is 0 Å². The molecule has 0 aromatic carbocycles. The molecule has 2 unspecified atom stereocenters. The van der Waals surface area contributed by atoms with Crippen LogP contribution in [0, 0.1) is 23.7 Å². The minimum Gasteiger partial charge on any atom is -0.393 e. The third-order valence-electron chi connectivity index (χ3n) is 2.09. The SMILES string of the molecule is CC(O)CCCC#CC#CCCCC(C)O. The highest BCUT2D eigenvalue weighted by atomic mass is 16.3. The predicted molar refractivity (Wildman–Crippen MR) is 66.6 cm³/mol. The molecule has 2 N–H and O–H groups in total. The number of hydrogen-bond donors (Lipinski definition) is 2. The summed E-state index contributed by atoms with van der Waals surface area (Å²) < 4.78 is 0. The lowest BCUT2D eigenvalue weighted by atomic mass is 10.2. The van der Waals surface area contributed by atoms with E-state index in [1.165, 1.54) is 0 Å². The molecule has 0 heterocycles. The summed E-state index contributed by atoms with van der Waals surface area (Å²) in [7, 11) is 0. The van der Waals surface area contributed by atoms with E-state index in [0.717, 1.165) is 38.5 Å². The van der Waals surface area contributed by atoms with E-state index in [9.17, 15) is 0 Å². The summed E-state index contributed by atoms with van der Waals surface area (Å²) in [6.45, 7) is 3.57. The maximum absolute atomic E-state index is 9.00. The van der Waals surface area contributed by atoms with Gasteiger partial charge in [-0.3, -0.25) is 0 Å². The maximum atomic E-state index is 9.00. The lowest BCUT2D eigenvalue weighted by molar-refractivity contribution is 0.182. The van der Waals surface area contributed by atoms with E-state index in [1.54, 1.807) is 13.8 Å². The highest BCUT2D eigenvalue weighted by Gasteiger charge is 1.92. The van der Waals surface area contributed by atoms with Crippen LogP contribution in [0.15, 0.2) is 0 Å². The van der Waals surface area contributed by atoms with E-state index in [1.807, 2.05) is 0 Å². The van der Waals surface area contributed by atoms with Gasteiger partial charge in [-0.05, 0) is 51.4 Å². The van der Waals surface area contributed by atoms with Crippen LogP contribution in [0.1, 0.15) is 52.4 Å². The van der Waals surface area contributed by atoms with Gasteiger partial charge in [-0.2, -0.15) is 0 Å². The quantitative estimate of drug-likeness (QED) is 0.533. The zero-order chi connectivity index (χ0) is 12.2. The summed E-state index contributed by atoms with van der Waals surface area (Å²) in [5.74, 6) is 11.5. The molecule has 2 nitrogen and oxygen atoms in total. The van der Waals surface area contributed by atoms with E-state index in [0.29, 0.717) is 0 Å². The molecule has 0 bridgehead atoms. The van der Waals surface area contributed by atoms with Gasteiger partial charge in [-0.15, -0.1) is 0 Å². The normalized spacial score (nSPS) is 13.0. The molecule has 0 saturated heterocycles. The summed E-state index contributed by atoms with van der Waals surface area (Å²) >= 11 is 0. The minimum atomic E-state index is -0.228. The van der Waals surface area contributed by atoms with Crippen LogP contribution < -0.4 is 0 Å². The average molecular weight is 222 g/mol. The fourth-order valence-electron chi connectivity index (χ4n) is 1.19. The molecule has 0 aliphatic heterocycles. The van der Waals surface area contributed by atoms with E-state index < -0.39 is 0 Å². The van der Waals surface area contributed by atoms with E-state index >= 15 is 0 Å². The zero-order valence-electron chi connectivity index (χ0n) is 10.3. The molecule has 0 fully saturated rings. The van der Waals surface area contributed by atoms with Crippen molar-refractivity contribution in [1.82, 2.24) is 0 Å². The first-order valence-corrected chi connectivity index (χ1v) is 5.94. The van der Waals surface area contributed by atoms with Gasteiger partial charge in [0.2, 0.25) is 0 Å². The van der Waals surface area contributed by atoms with Gasteiger partial charge in [0.15, 0.2) is 0 Å². The van der Waals surface area contributed by atoms with Gasteiger partial charge in [0, 0.05) is 12.8 Å². The molecule has 0 saturated carbocycles. The third-order valence-corrected chi connectivity index (χ3v) is 2.09. The second-order valence-electron chi connectivity index (χ2n) is 4.09. The molecular formula is C14H22O2. The van der Waals surface area contributed by atoms with Crippen molar-refractivity contribution in [2.75, 3.05) is 0 Å². The summed E-state index contributed by atoms with van der Waals surface area (Å²) in [5, 5.41) is 18.0. The van der Waals surface area contributed by atoms with E-state index in [-0.39, 0.29) is 12.2 Å². The van der Waals surface area contributed by atoms with E-state index in [2.05, 4.69) is 23.7 Å². The highest BCUT2D eigenvalue weighted by molar-refractivity contribution is 5.25. The monoisotopic (exact) mass is 222 g/mol. The summed E-state index contributed by atoms with van der Waals surface area (Å²) in [6, 6.07) is 0. The fourth-order valence-corrected chi connectivity index (χ4v) is 1.19. The molecule has 0 rings (SSSR count). The van der Waals surface area contributed by atoms with Crippen LogP contribution in [0.5, 0.6) is 0 Å². The molecule has 0 aromatic heterocycles. The summed E-state index contributed by atoms with van der Waals surface area (Å²) in [5.41, 5.74) is 0. The molecule has 0 aliphatic rings. The van der Waals surface area contributed by atoms with Crippen LogP contribution in [0.4, 0.5) is 0 Å². The number of rotatable bonds is 6. The molecule has 90 valence electrons. The zero-order valence-corrected chi connectivity index (χ0v) is 10.3. The van der Waals surface area contributed by atoms with Gasteiger partial charge in [0.1, 0.15) is 0 Å². The summed E-state index contributed by atoms with van der Waals surface area (Å²) in [6.07, 6.45) is 4.60. The van der Waals surface area contributed by atoms with Crippen molar-refractivity contribution in [1.29, 1.82) is 0 Å². The second-order valence-corrected chi connectivity index (χ2v) is 4.09. The molecule has 0 spiro atoms. The third kappa shape index (κ3) is 13.0.